The van der Waals surface area contributed by atoms with Crippen molar-refractivity contribution in [3.63, 3.8) is 0 Å². The quantitative estimate of drug-likeness (QED) is 0.0381. The summed E-state index contributed by atoms with van der Waals surface area (Å²) >= 11 is 3.54. The molecule has 3 heterocycles. The Bertz CT molecular complexity index is 3900. The maximum absolute atomic E-state index is 15.5. The highest BCUT2D eigenvalue weighted by Gasteiger charge is 2.60. The molecule has 0 radical (unpaired) electrons. The number of benzene rings is 6. The minimum absolute atomic E-state index is 0.201. The zero-order valence-electron chi connectivity index (χ0n) is 42.3. The summed E-state index contributed by atoms with van der Waals surface area (Å²) in [6, 6.07) is 56.9. The van der Waals surface area contributed by atoms with Crippen LogP contribution in [-0.4, -0.2) is 35.3 Å². The third-order valence-electron chi connectivity index (χ3n) is 13.7. The van der Waals surface area contributed by atoms with Gasteiger partial charge in [0.05, 0.1) is 0 Å². The molecule has 0 N–H and O–H groups in total. The van der Waals surface area contributed by atoms with E-state index in [1.807, 2.05) is 36.4 Å². The average molecular weight is 1120 g/mol. The highest BCUT2D eigenvalue weighted by molar-refractivity contribution is 7.26. The molecule has 0 fully saturated rings. The second-order valence-electron chi connectivity index (χ2n) is 18.5. The van der Waals surface area contributed by atoms with Gasteiger partial charge in [-0.3, -0.25) is 19.2 Å². The van der Waals surface area contributed by atoms with Crippen molar-refractivity contribution in [1.82, 2.24) is 0 Å². The number of aliphatic imine (C=N–C) groups is 2. The minimum atomic E-state index is -2.28. The van der Waals surface area contributed by atoms with E-state index < -0.39 is 34.7 Å². The van der Waals surface area contributed by atoms with Crippen LogP contribution in [0.4, 0.5) is 10.0 Å². The van der Waals surface area contributed by atoms with Crippen molar-refractivity contribution in [2.45, 2.75) is 37.3 Å². The molecule has 81 heavy (non-hydrogen) atoms. The monoisotopic (exact) mass is 1110 g/mol. The fourth-order valence-corrected chi connectivity index (χ4v) is 13.0. The van der Waals surface area contributed by atoms with Gasteiger partial charge >= 0.3 is 23.9 Å². The van der Waals surface area contributed by atoms with E-state index in [1.165, 1.54) is 11.3 Å². The molecule has 2 aliphatic rings. The van der Waals surface area contributed by atoms with E-state index in [9.17, 15) is 21.0 Å². The smallest absolute Gasteiger partial charge is 0.333 e. The van der Waals surface area contributed by atoms with E-state index >= 15 is 19.2 Å². The molecule has 0 spiro atoms. The van der Waals surface area contributed by atoms with Crippen molar-refractivity contribution < 1.29 is 38.1 Å². The Kier molecular flexibility index (Phi) is 14.6. The molecule has 0 saturated heterocycles. The fraction of sp³-hybridized carbons (Fsp3) is 0.0938. The van der Waals surface area contributed by atoms with E-state index in [1.54, 1.807) is 170 Å². The predicted octanol–water partition coefficient (Wildman–Crippen LogP) is 13.0. The van der Waals surface area contributed by atoms with Gasteiger partial charge in [-0.1, -0.05) is 121 Å². The van der Waals surface area contributed by atoms with Crippen molar-refractivity contribution >= 4 is 123 Å². The number of carbonyl (C=O) groups excluding carboxylic acids is 4. The van der Waals surface area contributed by atoms with Crippen LogP contribution in [0.2, 0.25) is 0 Å². The molecule has 17 heteroatoms. The number of carbonyl (C=O) groups is 4. The van der Waals surface area contributed by atoms with E-state index in [4.69, 9.17) is 18.9 Å². The highest BCUT2D eigenvalue weighted by Crippen LogP contribution is 2.56. The van der Waals surface area contributed by atoms with Crippen molar-refractivity contribution in [2.75, 3.05) is 0 Å². The van der Waals surface area contributed by atoms with Crippen molar-refractivity contribution in [3.05, 3.63) is 224 Å². The molecule has 9 aromatic rings. The Morgan fingerprint density at radius 1 is 0.407 bits per heavy atom. The van der Waals surface area contributed by atoms with Gasteiger partial charge in [0.25, 0.3) is 0 Å². The second-order valence-corrected chi connectivity index (χ2v) is 21.7. The Morgan fingerprint density at radius 3 is 1.01 bits per heavy atom. The summed E-state index contributed by atoms with van der Waals surface area (Å²) < 4.78 is 26.2. The van der Waals surface area contributed by atoms with Crippen LogP contribution in [0.5, 0.6) is 0 Å². The number of ether oxygens (including phenoxy) is 4. The first-order valence-electron chi connectivity index (χ1n) is 24.9. The molecule has 2 aliphatic carbocycles. The number of nitriles is 4. The molecule has 0 saturated carbocycles. The predicted molar refractivity (Wildman–Crippen MR) is 309 cm³/mol. The molecule has 3 aromatic heterocycles. The number of hydrogen-bond acceptors (Lipinski definition) is 17. The Labute approximate surface area is 474 Å². The average Bonchev–Trinajstić information content (AvgIpc) is 4.40. The van der Waals surface area contributed by atoms with Crippen LogP contribution in [0.3, 0.4) is 0 Å². The molecule has 0 unspecified atom stereocenters. The van der Waals surface area contributed by atoms with Gasteiger partial charge < -0.3 is 18.9 Å². The van der Waals surface area contributed by atoms with Gasteiger partial charge in [0, 0.05) is 41.1 Å². The summed E-state index contributed by atoms with van der Waals surface area (Å²) in [7, 11) is 0. The molecular weight excluding hydrogens is 1080 g/mol. The van der Waals surface area contributed by atoms with E-state index in [2.05, 4.69) is 9.98 Å². The van der Waals surface area contributed by atoms with Crippen molar-refractivity contribution in [1.29, 1.82) is 21.0 Å². The van der Waals surface area contributed by atoms with Gasteiger partial charge in [-0.15, -0.1) is 34.0 Å². The fourth-order valence-electron chi connectivity index (χ4n) is 9.92. The Hall–Kier alpha value is -10.4. The normalized spacial score (nSPS) is 13.1. The summed E-state index contributed by atoms with van der Waals surface area (Å²) in [5, 5.41) is 40.0. The molecule has 0 aliphatic heterocycles. The zero-order valence-corrected chi connectivity index (χ0v) is 44.8. The minimum Gasteiger partial charge on any atom is -0.459 e. The molecule has 6 aromatic carbocycles. The van der Waals surface area contributed by atoms with Gasteiger partial charge in [-0.2, -0.15) is 21.0 Å². The second kappa shape index (κ2) is 22.5. The van der Waals surface area contributed by atoms with Gasteiger partial charge in [-0.25, -0.2) is 9.98 Å². The molecular formula is C64H38N6O8S3. The first-order valence-corrected chi connectivity index (χ1v) is 27.3. The SMILES string of the molecule is N#CC(C#N)=Nc1ccc(C2=Cc3cc4sc5cc6c(cc5c4cc3C2(C(=O)OCc2ccccc2)C(=O)OCc2ccccc2)C(C(=O)OCc2ccccc2)(C(=O)OCc2ccccc2)C(c2ccc(N=C(C#N)C#N)s2)=C6)s1. The molecule has 390 valence electrons. The largest absolute Gasteiger partial charge is 0.459 e. The van der Waals surface area contributed by atoms with Gasteiger partial charge in [0.1, 0.15) is 60.7 Å². The number of fused-ring (bicyclic) bond motifs is 5. The van der Waals surface area contributed by atoms with Crippen LogP contribution in [0, 0.1) is 45.3 Å². The van der Waals surface area contributed by atoms with Crippen LogP contribution in [0.25, 0.3) is 43.5 Å². The summed E-state index contributed by atoms with van der Waals surface area (Å²) in [4.78, 5) is 71.3. The lowest BCUT2D eigenvalue weighted by atomic mass is 9.75. The van der Waals surface area contributed by atoms with Gasteiger partial charge in [0.15, 0.2) is 0 Å². The lowest BCUT2D eigenvalue weighted by Gasteiger charge is -2.30. The molecule has 14 nitrogen and oxygen atoms in total. The third kappa shape index (κ3) is 9.86. The van der Waals surface area contributed by atoms with E-state index in [0.29, 0.717) is 53.9 Å². The lowest BCUT2D eigenvalue weighted by Crippen LogP contribution is -2.46. The first kappa shape index (κ1) is 52.6. The third-order valence-corrected chi connectivity index (χ3v) is 16.8. The topological polar surface area (TPSA) is 225 Å². The summed E-state index contributed by atoms with van der Waals surface area (Å²) in [6.07, 6.45) is 3.48. The number of hydrogen-bond donors (Lipinski definition) is 0. The standard InChI is InChI=1S/C64H38N6O8S3/c65-31-45(32-66)69-57-23-21-53(80-57)51-25-43-27-55-47(29-49(43)63(51,59(71)75-35-39-13-5-1-6-14-39)60(72)76-36-40-15-7-2-8-16-40)48-30-50-44(28-56(48)79-55)26-52(54-22-24-58(81-54)70-46(33-67)34-68)64(50,61(73)77-37-41-17-9-3-10-18-41)62(74)78-38-42-19-11-4-12-20-42/h1-30H,35-38H2. The summed E-state index contributed by atoms with van der Waals surface area (Å²) in [6.45, 7) is -0.804. The van der Waals surface area contributed by atoms with E-state index in [0.717, 1.165) is 32.1 Å². The van der Waals surface area contributed by atoms with Crippen molar-refractivity contribution in [3.8, 4) is 24.3 Å². The molecule has 0 atom stereocenters. The van der Waals surface area contributed by atoms with E-state index in [-0.39, 0.29) is 70.1 Å². The number of esters is 4. The van der Waals surface area contributed by atoms with Crippen LogP contribution in [-0.2, 0) is 75.4 Å². The number of nitrogens with zero attached hydrogens (tertiary/aromatic N) is 6. The Morgan fingerprint density at radius 2 is 0.716 bits per heavy atom. The zero-order chi connectivity index (χ0) is 56.1. The Balaban J connectivity index is 1.12. The number of rotatable bonds is 16. The highest BCUT2D eigenvalue weighted by atomic mass is 32.1. The number of thiophene rings is 3. The maximum Gasteiger partial charge on any atom is 0.333 e. The molecule has 11 rings (SSSR count). The summed E-state index contributed by atoms with van der Waals surface area (Å²) in [5.41, 5.74) is -0.840. The van der Waals surface area contributed by atoms with Crippen LogP contribution in [0.15, 0.2) is 180 Å². The van der Waals surface area contributed by atoms with Gasteiger partial charge in [-0.05, 0) is 105 Å². The van der Waals surface area contributed by atoms with Crippen LogP contribution < -0.4 is 0 Å². The molecule has 0 bridgehead atoms. The van der Waals surface area contributed by atoms with Gasteiger partial charge in [0.2, 0.25) is 22.3 Å². The first-order chi connectivity index (χ1) is 39.6. The lowest BCUT2D eigenvalue weighted by molar-refractivity contribution is -0.165. The van der Waals surface area contributed by atoms with Crippen LogP contribution >= 0.6 is 34.0 Å². The maximum atomic E-state index is 15.5. The van der Waals surface area contributed by atoms with Crippen LogP contribution in [0.1, 0.15) is 54.3 Å². The molecule has 0 amide bonds. The van der Waals surface area contributed by atoms with Crippen molar-refractivity contribution in [2.24, 2.45) is 9.98 Å². The summed E-state index contributed by atoms with van der Waals surface area (Å²) in [5.74, 6) is -3.74.